The first-order valence-corrected chi connectivity index (χ1v) is 12.5. The Labute approximate surface area is 228 Å². The second-order valence-electron chi connectivity index (χ2n) is 8.18. The number of allylic oxidation sites excluding steroid dienone is 1. The van der Waals surface area contributed by atoms with Crippen LogP contribution in [-0.4, -0.2) is 36.2 Å². The second kappa shape index (κ2) is 14.0. The molecule has 3 amide bonds. The third-order valence-electron chi connectivity index (χ3n) is 5.53. The van der Waals surface area contributed by atoms with Crippen LogP contribution in [0, 0.1) is 0 Å². The van der Waals surface area contributed by atoms with E-state index < -0.39 is 24.2 Å². The van der Waals surface area contributed by atoms with Crippen molar-refractivity contribution in [3.63, 3.8) is 0 Å². The predicted octanol–water partition coefficient (Wildman–Crippen LogP) is 5.33. The monoisotopic (exact) mass is 581 g/mol. The minimum Gasteiger partial charge on any atom is -0.508 e. The summed E-state index contributed by atoms with van der Waals surface area (Å²) in [6.45, 7) is 0. The van der Waals surface area contributed by atoms with Gasteiger partial charge in [0.1, 0.15) is 5.75 Å². The van der Waals surface area contributed by atoms with E-state index in [9.17, 15) is 19.5 Å². The molecule has 5 N–H and O–H groups in total. The van der Waals surface area contributed by atoms with Crippen molar-refractivity contribution in [2.45, 2.75) is 25.0 Å². The summed E-state index contributed by atoms with van der Waals surface area (Å²) in [6.07, 6.45) is 0.951. The zero-order valence-electron chi connectivity index (χ0n) is 20.6. The summed E-state index contributed by atoms with van der Waals surface area (Å²) in [5.74, 6) is -1.10. The van der Waals surface area contributed by atoms with E-state index in [-0.39, 0.29) is 22.8 Å². The number of anilines is 2. The van der Waals surface area contributed by atoms with Crippen LogP contribution in [0.15, 0.2) is 89.4 Å². The molecule has 3 aromatic rings. The van der Waals surface area contributed by atoms with Gasteiger partial charge in [-0.05, 0) is 61.4 Å². The lowest BCUT2D eigenvalue weighted by molar-refractivity contribution is -0.111. The molecule has 0 bridgehead atoms. The second-order valence-corrected chi connectivity index (χ2v) is 9.10. The molecule has 9 nitrogen and oxygen atoms in total. The molecule has 10 heteroatoms. The molecule has 0 saturated carbocycles. The van der Waals surface area contributed by atoms with Crippen molar-refractivity contribution < 1.29 is 29.0 Å². The van der Waals surface area contributed by atoms with Crippen LogP contribution in [0.4, 0.5) is 16.2 Å². The van der Waals surface area contributed by atoms with Crippen molar-refractivity contribution in [1.29, 1.82) is 0 Å². The number of hydrogen-bond acceptors (Lipinski definition) is 7. The average molecular weight is 582 g/mol. The van der Waals surface area contributed by atoms with Crippen molar-refractivity contribution in [2.24, 2.45) is 0 Å². The fourth-order valence-electron chi connectivity index (χ4n) is 3.62. The van der Waals surface area contributed by atoms with E-state index in [4.69, 9.17) is 15.2 Å². The molecule has 0 saturated heterocycles. The number of nitrogens with two attached hydrogens (primary N) is 1. The number of hydrogen-bond donors (Lipinski definition) is 4. The van der Waals surface area contributed by atoms with E-state index in [1.165, 1.54) is 19.3 Å². The minimum atomic E-state index is -1.06. The SMILES string of the molecule is CO[C@@H](CC/C=C/C(=O)Nc1ccccc1N)[C@@H](OC(=O)NC(=O)c1ccccc1)c1cc(Br)ccc1O. The van der Waals surface area contributed by atoms with Gasteiger partial charge in [-0.3, -0.25) is 14.9 Å². The van der Waals surface area contributed by atoms with E-state index >= 15 is 0 Å². The molecule has 198 valence electrons. The maximum Gasteiger partial charge on any atom is 0.414 e. The summed E-state index contributed by atoms with van der Waals surface area (Å²) in [6, 6.07) is 19.8. The lowest BCUT2D eigenvalue weighted by atomic mass is 9.99. The van der Waals surface area contributed by atoms with Crippen LogP contribution in [0.25, 0.3) is 0 Å². The number of imide groups is 1. The van der Waals surface area contributed by atoms with Crippen molar-refractivity contribution >= 4 is 45.2 Å². The summed E-state index contributed by atoms with van der Waals surface area (Å²) in [4.78, 5) is 37.3. The molecule has 0 aliphatic heterocycles. The molecule has 0 aromatic heterocycles. The first-order chi connectivity index (χ1) is 18.3. The fraction of sp³-hybridized carbons (Fsp3) is 0.179. The standard InChI is InChI=1S/C28H28BrN3O6/c1-37-24(13-7-8-14-25(34)31-22-12-6-5-11-21(22)30)26(20-17-19(29)15-16-23(20)33)38-28(36)32-27(35)18-9-3-2-4-10-18/h2-6,8-12,14-17,24,26,33H,7,13,30H2,1H3,(H,31,34)(H,32,35,36)/b14-8+/t24-,26-/m0/s1. The molecule has 0 aliphatic rings. The highest BCUT2D eigenvalue weighted by Gasteiger charge is 2.30. The predicted molar refractivity (Wildman–Crippen MR) is 148 cm³/mol. The maximum absolute atomic E-state index is 12.7. The minimum absolute atomic E-state index is 0.113. The molecule has 3 aromatic carbocycles. The Morgan fingerprint density at radius 2 is 1.76 bits per heavy atom. The Bertz CT molecular complexity index is 1300. The van der Waals surface area contributed by atoms with Crippen LogP contribution in [0.3, 0.4) is 0 Å². The number of nitrogens with one attached hydrogen (secondary N) is 2. The number of amides is 3. The zero-order valence-corrected chi connectivity index (χ0v) is 22.2. The quantitative estimate of drug-likeness (QED) is 0.187. The van der Waals surface area contributed by atoms with Gasteiger partial charge < -0.3 is 25.6 Å². The number of carbonyl (C=O) groups is 3. The Balaban J connectivity index is 1.69. The van der Waals surface area contributed by atoms with Gasteiger partial charge in [0.05, 0.1) is 17.5 Å². The van der Waals surface area contributed by atoms with Crippen molar-refractivity contribution in [2.75, 3.05) is 18.2 Å². The highest BCUT2D eigenvalue weighted by Crippen LogP contribution is 2.34. The van der Waals surface area contributed by atoms with E-state index in [0.29, 0.717) is 28.7 Å². The summed E-state index contributed by atoms with van der Waals surface area (Å²) in [5.41, 5.74) is 7.38. The fourth-order valence-corrected chi connectivity index (χ4v) is 4.00. The number of alkyl carbamates (subject to hydrolysis) is 1. The third kappa shape index (κ3) is 8.19. The number of methoxy groups -OCH3 is 1. The van der Waals surface area contributed by atoms with Crippen LogP contribution < -0.4 is 16.4 Å². The number of nitrogen functional groups attached to an aromatic ring is 1. The zero-order chi connectivity index (χ0) is 27.5. The Kier molecular flexibility index (Phi) is 10.4. The molecule has 0 aliphatic carbocycles. The van der Waals surface area contributed by atoms with Gasteiger partial charge in [0.2, 0.25) is 5.91 Å². The van der Waals surface area contributed by atoms with Gasteiger partial charge in [-0.2, -0.15) is 0 Å². The van der Waals surface area contributed by atoms with Gasteiger partial charge in [0.25, 0.3) is 5.91 Å². The normalized spacial score (nSPS) is 12.5. The van der Waals surface area contributed by atoms with Crippen LogP contribution in [0.2, 0.25) is 0 Å². The van der Waals surface area contributed by atoms with Gasteiger partial charge in [0, 0.05) is 22.7 Å². The van der Waals surface area contributed by atoms with Crippen LogP contribution in [-0.2, 0) is 14.3 Å². The summed E-state index contributed by atoms with van der Waals surface area (Å²) in [7, 11) is 1.44. The molecule has 0 spiro atoms. The number of benzene rings is 3. The van der Waals surface area contributed by atoms with Gasteiger partial charge >= 0.3 is 6.09 Å². The molecule has 2 atom stereocenters. The summed E-state index contributed by atoms with van der Waals surface area (Å²) >= 11 is 3.36. The Morgan fingerprint density at radius 1 is 1.05 bits per heavy atom. The van der Waals surface area contributed by atoms with E-state index in [2.05, 4.69) is 26.6 Å². The first kappa shape index (κ1) is 28.4. The maximum atomic E-state index is 12.7. The largest absolute Gasteiger partial charge is 0.508 e. The van der Waals surface area contributed by atoms with Gasteiger partial charge in [0.15, 0.2) is 6.10 Å². The number of phenolic OH excluding ortho intramolecular Hbond substituents is 1. The molecule has 0 heterocycles. The molecule has 3 rings (SSSR count). The molecule has 0 unspecified atom stereocenters. The highest BCUT2D eigenvalue weighted by atomic mass is 79.9. The Hall–Kier alpha value is -4.15. The lowest BCUT2D eigenvalue weighted by Crippen LogP contribution is -2.35. The van der Waals surface area contributed by atoms with E-state index in [1.54, 1.807) is 72.8 Å². The number of carbonyl (C=O) groups excluding carboxylic acids is 3. The first-order valence-electron chi connectivity index (χ1n) is 11.7. The third-order valence-corrected chi connectivity index (χ3v) is 6.02. The molecular formula is C28H28BrN3O6. The lowest BCUT2D eigenvalue weighted by Gasteiger charge is -2.27. The molecule has 0 fully saturated rings. The number of phenols is 1. The van der Waals surface area contributed by atoms with Gasteiger partial charge in [-0.1, -0.05) is 52.3 Å². The highest BCUT2D eigenvalue weighted by molar-refractivity contribution is 9.10. The van der Waals surface area contributed by atoms with E-state index in [1.807, 2.05) is 0 Å². The number of aromatic hydroxyl groups is 1. The van der Waals surface area contributed by atoms with E-state index in [0.717, 1.165) is 0 Å². The van der Waals surface area contributed by atoms with Gasteiger partial charge in [-0.15, -0.1) is 0 Å². The van der Waals surface area contributed by atoms with Crippen molar-refractivity contribution in [1.82, 2.24) is 5.32 Å². The smallest absolute Gasteiger partial charge is 0.414 e. The van der Waals surface area contributed by atoms with Gasteiger partial charge in [-0.25, -0.2) is 4.79 Å². The van der Waals surface area contributed by atoms with Crippen LogP contribution in [0.5, 0.6) is 5.75 Å². The van der Waals surface area contributed by atoms with Crippen molar-refractivity contribution in [3.05, 3.63) is 101 Å². The van der Waals surface area contributed by atoms with Crippen LogP contribution >= 0.6 is 15.9 Å². The Morgan fingerprint density at radius 3 is 2.47 bits per heavy atom. The number of rotatable bonds is 10. The average Bonchev–Trinajstić information content (AvgIpc) is 2.91. The number of halogens is 1. The summed E-state index contributed by atoms with van der Waals surface area (Å²) in [5, 5.41) is 15.4. The van der Waals surface area contributed by atoms with Crippen LogP contribution in [0.1, 0.15) is 34.9 Å². The molecule has 38 heavy (non-hydrogen) atoms. The number of para-hydroxylation sites is 2. The number of ether oxygens (including phenoxy) is 2. The summed E-state index contributed by atoms with van der Waals surface area (Å²) < 4.78 is 11.8. The molecular weight excluding hydrogens is 554 g/mol. The molecule has 0 radical (unpaired) electrons. The van der Waals surface area contributed by atoms with Crippen molar-refractivity contribution in [3.8, 4) is 5.75 Å². The topological polar surface area (TPSA) is 140 Å².